The average molecular weight is 388 g/mol. The third kappa shape index (κ3) is 3.61. The fraction of sp³-hybridized carbons (Fsp3) is 0.0769. The van der Waals surface area contributed by atoms with Gasteiger partial charge in [0.25, 0.3) is 10.0 Å². The van der Waals surface area contributed by atoms with Gasteiger partial charge in [-0.3, -0.25) is 4.72 Å². The van der Waals surface area contributed by atoms with Gasteiger partial charge in [-0.1, -0.05) is 0 Å². The van der Waals surface area contributed by atoms with Gasteiger partial charge in [-0.05, 0) is 18.2 Å². The first-order valence-electron chi connectivity index (χ1n) is 6.73. The summed E-state index contributed by atoms with van der Waals surface area (Å²) < 4.78 is 79.4. The number of hydrogen-bond acceptors (Lipinski definition) is 6. The maximum atomic E-state index is 13.3. The number of nitrogens with zero attached hydrogens (tertiary/aromatic N) is 5. The SMILES string of the molecule is O=S(=O)(Nc1cc(-n2cncn2)ncn1)c1ccc(F)c(C(F)(F)F)c1. The van der Waals surface area contributed by atoms with Gasteiger partial charge in [-0.25, -0.2) is 32.4 Å². The Morgan fingerprint density at radius 1 is 1.08 bits per heavy atom. The first-order chi connectivity index (χ1) is 12.2. The maximum Gasteiger partial charge on any atom is 0.419 e. The fourth-order valence-electron chi connectivity index (χ4n) is 1.94. The van der Waals surface area contributed by atoms with Crippen molar-refractivity contribution < 1.29 is 26.0 Å². The number of halogens is 4. The van der Waals surface area contributed by atoms with Crippen molar-refractivity contribution in [2.75, 3.05) is 4.72 Å². The van der Waals surface area contributed by atoms with Gasteiger partial charge < -0.3 is 0 Å². The number of anilines is 1. The molecule has 26 heavy (non-hydrogen) atoms. The number of sulfonamides is 1. The normalized spacial score (nSPS) is 12.2. The lowest BCUT2D eigenvalue weighted by Gasteiger charge is -2.12. The topological polar surface area (TPSA) is 103 Å². The summed E-state index contributed by atoms with van der Waals surface area (Å²) in [6.07, 6.45) is -1.48. The second-order valence-electron chi connectivity index (χ2n) is 4.85. The summed E-state index contributed by atoms with van der Waals surface area (Å²) in [7, 11) is -4.45. The van der Waals surface area contributed by atoms with Gasteiger partial charge in [0.05, 0.1) is 10.5 Å². The summed E-state index contributed by atoms with van der Waals surface area (Å²) in [5.74, 6) is -1.62. The van der Waals surface area contributed by atoms with Gasteiger partial charge in [0, 0.05) is 6.07 Å². The summed E-state index contributed by atoms with van der Waals surface area (Å²) in [4.78, 5) is 10.5. The monoisotopic (exact) mass is 388 g/mol. The predicted molar refractivity (Wildman–Crippen MR) is 79.2 cm³/mol. The molecule has 3 aromatic rings. The molecule has 1 aromatic carbocycles. The molecule has 136 valence electrons. The highest BCUT2D eigenvalue weighted by Crippen LogP contribution is 2.33. The second kappa shape index (κ2) is 6.33. The van der Waals surface area contributed by atoms with E-state index in [1.165, 1.54) is 23.4 Å². The molecular weight excluding hydrogens is 380 g/mol. The molecule has 1 N–H and O–H groups in total. The van der Waals surface area contributed by atoms with Crippen LogP contribution >= 0.6 is 0 Å². The van der Waals surface area contributed by atoms with E-state index in [0.717, 1.165) is 6.33 Å². The molecule has 0 fully saturated rings. The molecule has 13 heteroatoms. The highest BCUT2D eigenvalue weighted by atomic mass is 32.2. The lowest BCUT2D eigenvalue weighted by atomic mass is 10.2. The van der Waals surface area contributed by atoms with Crippen molar-refractivity contribution in [2.24, 2.45) is 0 Å². The van der Waals surface area contributed by atoms with Gasteiger partial charge in [0.2, 0.25) is 0 Å². The van der Waals surface area contributed by atoms with Crippen molar-refractivity contribution in [1.29, 1.82) is 0 Å². The summed E-state index contributed by atoms with van der Waals surface area (Å²) in [6.45, 7) is 0. The van der Waals surface area contributed by atoms with E-state index < -0.39 is 32.5 Å². The average Bonchev–Trinajstić information content (AvgIpc) is 3.08. The first-order valence-corrected chi connectivity index (χ1v) is 8.22. The zero-order valence-electron chi connectivity index (χ0n) is 12.5. The lowest BCUT2D eigenvalue weighted by Crippen LogP contribution is -2.16. The molecule has 0 atom stereocenters. The van der Waals surface area contributed by atoms with E-state index in [-0.39, 0.29) is 17.7 Å². The molecule has 8 nitrogen and oxygen atoms in total. The lowest BCUT2D eigenvalue weighted by molar-refractivity contribution is -0.140. The number of nitrogens with one attached hydrogen (secondary N) is 1. The summed E-state index contributed by atoms with van der Waals surface area (Å²) in [5.41, 5.74) is -1.69. The molecule has 0 radical (unpaired) electrons. The molecular formula is C13H8F4N6O2S. The molecule has 0 aliphatic rings. The minimum Gasteiger partial charge on any atom is -0.263 e. The molecule has 0 unspecified atom stereocenters. The highest BCUT2D eigenvalue weighted by Gasteiger charge is 2.35. The van der Waals surface area contributed by atoms with E-state index in [1.54, 1.807) is 0 Å². The highest BCUT2D eigenvalue weighted by molar-refractivity contribution is 7.92. The molecule has 2 heterocycles. The number of aromatic nitrogens is 5. The fourth-order valence-corrected chi connectivity index (χ4v) is 2.97. The van der Waals surface area contributed by atoms with E-state index in [4.69, 9.17) is 0 Å². The Bertz CT molecular complexity index is 1040. The van der Waals surface area contributed by atoms with Crippen molar-refractivity contribution in [2.45, 2.75) is 11.1 Å². The third-order valence-electron chi connectivity index (χ3n) is 3.10. The Morgan fingerprint density at radius 3 is 2.50 bits per heavy atom. The third-order valence-corrected chi connectivity index (χ3v) is 4.45. The zero-order chi connectivity index (χ0) is 18.9. The van der Waals surface area contributed by atoms with E-state index in [2.05, 4.69) is 20.1 Å². The van der Waals surface area contributed by atoms with Crippen molar-refractivity contribution in [1.82, 2.24) is 24.7 Å². The molecule has 0 aliphatic carbocycles. The van der Waals surface area contributed by atoms with Gasteiger partial charge in [-0.15, -0.1) is 0 Å². The van der Waals surface area contributed by atoms with Gasteiger partial charge in [-0.2, -0.15) is 18.3 Å². The Labute approximate surface area is 143 Å². The second-order valence-corrected chi connectivity index (χ2v) is 6.53. The van der Waals surface area contributed by atoms with Crippen LogP contribution in [-0.4, -0.2) is 33.2 Å². The van der Waals surface area contributed by atoms with Crippen LogP contribution in [0.4, 0.5) is 23.4 Å². The van der Waals surface area contributed by atoms with Crippen LogP contribution in [0.5, 0.6) is 0 Å². The van der Waals surface area contributed by atoms with Crippen LogP contribution < -0.4 is 4.72 Å². The largest absolute Gasteiger partial charge is 0.419 e. The van der Waals surface area contributed by atoms with Gasteiger partial charge in [0.15, 0.2) is 5.82 Å². The van der Waals surface area contributed by atoms with E-state index in [9.17, 15) is 26.0 Å². The smallest absolute Gasteiger partial charge is 0.263 e. The molecule has 0 aliphatic heterocycles. The predicted octanol–water partition coefficient (Wildman–Crippen LogP) is 2.02. The minimum atomic E-state index is -5.04. The van der Waals surface area contributed by atoms with Crippen molar-refractivity contribution >= 4 is 15.8 Å². The number of hydrogen-bond donors (Lipinski definition) is 1. The van der Waals surface area contributed by atoms with Gasteiger partial charge in [0.1, 0.15) is 30.6 Å². The van der Waals surface area contributed by atoms with Crippen molar-refractivity contribution in [3.8, 4) is 5.82 Å². The van der Waals surface area contributed by atoms with Crippen molar-refractivity contribution in [3.05, 3.63) is 54.6 Å². The van der Waals surface area contributed by atoms with E-state index in [0.29, 0.717) is 12.1 Å². The standard InChI is InChI=1S/C13H8F4N6O2S/c14-10-2-1-8(3-9(10)13(15,16)17)26(24,25)22-11-4-12(20-6-19-11)23-7-18-5-21-23/h1-7H,(H,19,20,22). The zero-order valence-corrected chi connectivity index (χ0v) is 13.3. The van der Waals surface area contributed by atoms with Crippen LogP contribution in [0.3, 0.4) is 0 Å². The van der Waals surface area contributed by atoms with Crippen LogP contribution in [0.25, 0.3) is 5.82 Å². The Kier molecular flexibility index (Phi) is 4.31. The van der Waals surface area contributed by atoms with Crippen LogP contribution in [-0.2, 0) is 16.2 Å². The summed E-state index contributed by atoms with van der Waals surface area (Å²) >= 11 is 0. The quantitative estimate of drug-likeness (QED) is 0.686. The Balaban J connectivity index is 1.94. The van der Waals surface area contributed by atoms with Gasteiger partial charge >= 0.3 is 6.18 Å². The Morgan fingerprint density at radius 2 is 1.85 bits per heavy atom. The molecule has 0 amide bonds. The number of benzene rings is 1. The van der Waals surface area contributed by atoms with E-state index in [1.807, 2.05) is 4.72 Å². The first kappa shape index (κ1) is 17.7. The molecule has 0 spiro atoms. The molecule has 0 saturated heterocycles. The van der Waals surface area contributed by atoms with Crippen molar-refractivity contribution in [3.63, 3.8) is 0 Å². The summed E-state index contributed by atoms with van der Waals surface area (Å²) in [5, 5.41) is 3.80. The van der Waals surface area contributed by atoms with Crippen LogP contribution in [0, 0.1) is 5.82 Å². The number of alkyl halides is 3. The van der Waals surface area contributed by atoms with Crippen LogP contribution in [0.15, 0.2) is 48.1 Å². The maximum absolute atomic E-state index is 13.3. The Hall–Kier alpha value is -3.09. The summed E-state index contributed by atoms with van der Waals surface area (Å²) in [6, 6.07) is 2.54. The van der Waals surface area contributed by atoms with E-state index >= 15 is 0 Å². The molecule has 3 rings (SSSR count). The van der Waals surface area contributed by atoms with Crippen LogP contribution in [0.2, 0.25) is 0 Å². The molecule has 0 saturated carbocycles. The van der Waals surface area contributed by atoms with Crippen LogP contribution in [0.1, 0.15) is 5.56 Å². The number of rotatable bonds is 4. The molecule has 0 bridgehead atoms. The molecule has 2 aromatic heterocycles. The minimum absolute atomic E-state index is 0.172.